The maximum Gasteiger partial charge on any atom is 0.437 e. The lowest BCUT2D eigenvalue weighted by atomic mass is 10.1. The largest absolute Gasteiger partial charge is 0.497 e. The van der Waals surface area contributed by atoms with Crippen LogP contribution >= 0.6 is 0 Å². The fourth-order valence-electron chi connectivity index (χ4n) is 2.98. The number of anilines is 1. The molecule has 28 heavy (non-hydrogen) atoms. The van der Waals surface area contributed by atoms with E-state index in [0.717, 1.165) is 49.7 Å². The van der Waals surface area contributed by atoms with Crippen molar-refractivity contribution in [2.45, 2.75) is 6.42 Å². The fourth-order valence-corrected chi connectivity index (χ4v) is 2.98. The fraction of sp³-hybridized carbons (Fsp3) is 0.333. The molecule has 3 rings (SSSR count). The van der Waals surface area contributed by atoms with E-state index in [1.165, 1.54) is 0 Å². The third-order valence-corrected chi connectivity index (χ3v) is 4.56. The smallest absolute Gasteiger partial charge is 0.437 e. The summed E-state index contributed by atoms with van der Waals surface area (Å²) in [7, 11) is 1.59. The van der Waals surface area contributed by atoms with Crippen LogP contribution in [0.5, 0.6) is 5.75 Å². The summed E-state index contributed by atoms with van der Waals surface area (Å²) < 4.78 is 5.11. The number of ether oxygens (including phenoxy) is 1. The Bertz CT molecular complexity index is 772. The molecule has 1 saturated heterocycles. The number of rotatable bonds is 7. The molecule has 2 N–H and O–H groups in total. The Hall–Kier alpha value is -2.90. The van der Waals surface area contributed by atoms with Crippen LogP contribution in [0.4, 0.5) is 10.5 Å². The first-order valence-corrected chi connectivity index (χ1v) is 9.42. The van der Waals surface area contributed by atoms with Crippen molar-refractivity contribution in [3.8, 4) is 5.75 Å². The molecular formula is C21H26N4O3. The minimum atomic E-state index is -0.624. The summed E-state index contributed by atoms with van der Waals surface area (Å²) >= 11 is 0. The maximum atomic E-state index is 12.1. The molecule has 0 aromatic heterocycles. The van der Waals surface area contributed by atoms with E-state index in [2.05, 4.69) is 20.7 Å². The zero-order valence-electron chi connectivity index (χ0n) is 16.1. The van der Waals surface area contributed by atoms with Gasteiger partial charge in [-0.3, -0.25) is 10.2 Å². The van der Waals surface area contributed by atoms with Gasteiger partial charge in [0.25, 0.3) is 0 Å². The van der Waals surface area contributed by atoms with Gasteiger partial charge in [-0.15, -0.1) is 0 Å². The SMILES string of the molecule is COc1ccc(NC(=O)O/N=C(/CCN2CCNCC2)c2ccccc2)cc1. The molecule has 0 spiro atoms. The molecular weight excluding hydrogens is 356 g/mol. The third-order valence-electron chi connectivity index (χ3n) is 4.56. The maximum absolute atomic E-state index is 12.1. The summed E-state index contributed by atoms with van der Waals surface area (Å²) in [5.41, 5.74) is 2.32. The lowest BCUT2D eigenvalue weighted by Crippen LogP contribution is -2.44. The number of benzene rings is 2. The highest BCUT2D eigenvalue weighted by molar-refractivity contribution is 6.00. The Balaban J connectivity index is 1.61. The van der Waals surface area contributed by atoms with Crippen molar-refractivity contribution >= 4 is 17.5 Å². The Kier molecular flexibility index (Phi) is 7.40. The van der Waals surface area contributed by atoms with Crippen molar-refractivity contribution in [2.24, 2.45) is 5.16 Å². The second-order valence-electron chi connectivity index (χ2n) is 6.48. The zero-order chi connectivity index (χ0) is 19.6. The van der Waals surface area contributed by atoms with E-state index in [0.29, 0.717) is 12.1 Å². The zero-order valence-corrected chi connectivity index (χ0v) is 16.1. The number of piperazine rings is 1. The van der Waals surface area contributed by atoms with Crippen LogP contribution in [0.25, 0.3) is 0 Å². The van der Waals surface area contributed by atoms with Gasteiger partial charge in [0.05, 0.1) is 12.8 Å². The van der Waals surface area contributed by atoms with Gasteiger partial charge in [-0.2, -0.15) is 0 Å². The summed E-state index contributed by atoms with van der Waals surface area (Å²) in [5.74, 6) is 0.719. The minimum absolute atomic E-state index is 0.614. The molecule has 148 valence electrons. The van der Waals surface area contributed by atoms with E-state index < -0.39 is 6.09 Å². The van der Waals surface area contributed by atoms with Crippen molar-refractivity contribution in [1.29, 1.82) is 0 Å². The standard InChI is InChI=1S/C21H26N4O3/c1-27-19-9-7-18(8-10-19)23-21(26)28-24-20(17-5-3-2-4-6-17)11-14-25-15-12-22-13-16-25/h2-10,22H,11-16H2,1H3,(H,23,26)/b24-20-. The normalized spacial score (nSPS) is 15.1. The van der Waals surface area contributed by atoms with Crippen molar-refractivity contribution < 1.29 is 14.4 Å². The van der Waals surface area contributed by atoms with Crippen molar-refractivity contribution in [3.05, 3.63) is 60.2 Å². The number of carbonyl (C=O) groups is 1. The first kappa shape index (κ1) is 19.9. The van der Waals surface area contributed by atoms with Crippen LogP contribution in [-0.4, -0.2) is 56.5 Å². The summed E-state index contributed by atoms with van der Waals surface area (Å²) in [4.78, 5) is 19.6. The number of amides is 1. The van der Waals surface area contributed by atoms with Gasteiger partial charge in [0, 0.05) is 44.8 Å². The predicted octanol–water partition coefficient (Wildman–Crippen LogP) is 2.94. The van der Waals surface area contributed by atoms with Gasteiger partial charge in [0.15, 0.2) is 0 Å². The summed E-state index contributed by atoms with van der Waals surface area (Å²) in [6, 6.07) is 16.8. The number of nitrogens with zero attached hydrogens (tertiary/aromatic N) is 2. The second-order valence-corrected chi connectivity index (χ2v) is 6.48. The van der Waals surface area contributed by atoms with E-state index in [9.17, 15) is 4.79 Å². The number of oxime groups is 1. The molecule has 1 aliphatic rings. The van der Waals surface area contributed by atoms with E-state index in [1.807, 2.05) is 30.3 Å². The summed E-state index contributed by atoms with van der Waals surface area (Å²) in [6.45, 7) is 4.90. The van der Waals surface area contributed by atoms with Gasteiger partial charge in [0.1, 0.15) is 5.75 Å². The Morgan fingerprint density at radius 1 is 1.11 bits per heavy atom. The van der Waals surface area contributed by atoms with Crippen LogP contribution in [0, 0.1) is 0 Å². The number of hydrogen-bond acceptors (Lipinski definition) is 6. The molecule has 7 heteroatoms. The minimum Gasteiger partial charge on any atom is -0.497 e. The van der Waals surface area contributed by atoms with Crippen molar-refractivity contribution in [2.75, 3.05) is 45.2 Å². The number of methoxy groups -OCH3 is 1. The number of nitrogens with one attached hydrogen (secondary N) is 2. The van der Waals surface area contributed by atoms with E-state index in [1.54, 1.807) is 31.4 Å². The van der Waals surface area contributed by atoms with Crippen LogP contribution in [0.2, 0.25) is 0 Å². The first-order chi connectivity index (χ1) is 13.7. The van der Waals surface area contributed by atoms with E-state index in [-0.39, 0.29) is 0 Å². The van der Waals surface area contributed by atoms with Crippen molar-refractivity contribution in [3.63, 3.8) is 0 Å². The first-order valence-electron chi connectivity index (χ1n) is 9.42. The Labute approximate surface area is 165 Å². The predicted molar refractivity (Wildman–Crippen MR) is 110 cm³/mol. The average Bonchev–Trinajstić information content (AvgIpc) is 2.75. The van der Waals surface area contributed by atoms with Crippen LogP contribution < -0.4 is 15.4 Å². The molecule has 2 aromatic carbocycles. The van der Waals surface area contributed by atoms with Crippen LogP contribution in [0.3, 0.4) is 0 Å². The van der Waals surface area contributed by atoms with Crippen LogP contribution in [0.15, 0.2) is 59.8 Å². The highest BCUT2D eigenvalue weighted by atomic mass is 16.7. The summed E-state index contributed by atoms with van der Waals surface area (Å²) in [6.07, 6.45) is 0.0839. The van der Waals surface area contributed by atoms with Gasteiger partial charge >= 0.3 is 6.09 Å². The van der Waals surface area contributed by atoms with Crippen LogP contribution in [0.1, 0.15) is 12.0 Å². The Morgan fingerprint density at radius 2 is 1.82 bits per heavy atom. The van der Waals surface area contributed by atoms with Crippen LogP contribution in [-0.2, 0) is 4.84 Å². The molecule has 0 atom stereocenters. The molecule has 1 aliphatic heterocycles. The highest BCUT2D eigenvalue weighted by Gasteiger charge is 2.13. The molecule has 0 radical (unpaired) electrons. The molecule has 0 bridgehead atoms. The lowest BCUT2D eigenvalue weighted by Gasteiger charge is -2.27. The van der Waals surface area contributed by atoms with Gasteiger partial charge in [-0.05, 0) is 29.8 Å². The lowest BCUT2D eigenvalue weighted by molar-refractivity contribution is 0.166. The van der Waals surface area contributed by atoms with Gasteiger partial charge < -0.3 is 15.0 Å². The monoisotopic (exact) mass is 382 g/mol. The highest BCUT2D eigenvalue weighted by Crippen LogP contribution is 2.15. The average molecular weight is 382 g/mol. The third kappa shape index (κ3) is 6.07. The number of hydrogen-bond donors (Lipinski definition) is 2. The molecule has 7 nitrogen and oxygen atoms in total. The quantitative estimate of drug-likeness (QED) is 0.437. The van der Waals surface area contributed by atoms with Gasteiger partial charge in [-0.25, -0.2) is 4.79 Å². The molecule has 1 fully saturated rings. The molecule has 1 amide bonds. The number of carbonyl (C=O) groups excluding carboxylic acids is 1. The molecule has 0 saturated carbocycles. The topological polar surface area (TPSA) is 75.2 Å². The molecule has 1 heterocycles. The van der Waals surface area contributed by atoms with E-state index in [4.69, 9.17) is 9.57 Å². The van der Waals surface area contributed by atoms with Gasteiger partial charge in [0.2, 0.25) is 0 Å². The Morgan fingerprint density at radius 3 is 2.50 bits per heavy atom. The second kappa shape index (κ2) is 10.4. The van der Waals surface area contributed by atoms with Gasteiger partial charge in [-0.1, -0.05) is 35.5 Å². The molecule has 0 aliphatic carbocycles. The molecule has 0 unspecified atom stereocenters. The van der Waals surface area contributed by atoms with E-state index >= 15 is 0 Å². The molecule has 2 aromatic rings. The van der Waals surface area contributed by atoms with Crippen molar-refractivity contribution in [1.82, 2.24) is 10.2 Å². The summed E-state index contributed by atoms with van der Waals surface area (Å²) in [5, 5.41) is 10.2.